The highest BCUT2D eigenvalue weighted by molar-refractivity contribution is 7.99. The zero-order valence-electron chi connectivity index (χ0n) is 11.5. The average molecular weight is 323 g/mol. The number of pyridine rings is 1. The molecule has 0 aliphatic heterocycles. The molecule has 0 N–H and O–H groups in total. The van der Waals surface area contributed by atoms with E-state index in [1.54, 1.807) is 24.4 Å². The fourth-order valence-electron chi connectivity index (χ4n) is 1.61. The summed E-state index contributed by atoms with van der Waals surface area (Å²) in [7, 11) is -3.97. The first kappa shape index (κ1) is 16.0. The van der Waals surface area contributed by atoms with Gasteiger partial charge in [-0.15, -0.1) is 11.8 Å². The zero-order valence-corrected chi connectivity index (χ0v) is 13.1. The van der Waals surface area contributed by atoms with Crippen LogP contribution in [0, 0.1) is 12.1 Å². The van der Waals surface area contributed by atoms with Crippen molar-refractivity contribution in [2.45, 2.75) is 16.8 Å². The van der Waals surface area contributed by atoms with Crippen LogP contribution in [0.5, 0.6) is 0 Å². The molecular formula is C14H15N2O3S2-. The summed E-state index contributed by atoms with van der Waals surface area (Å²) in [5.74, 6) is 0.353. The van der Waals surface area contributed by atoms with Gasteiger partial charge in [-0.05, 0) is 31.2 Å². The molecule has 0 saturated carbocycles. The van der Waals surface area contributed by atoms with Gasteiger partial charge < -0.3 is 5.21 Å². The standard InChI is InChI=1S/C14H15N2O3S2/c1-12-5-7-13(8-6-12)21(18,19)16(17)10-11-20-14-4-2-3-9-15-14/h2-9H,10-11H2,1H3/q-1. The van der Waals surface area contributed by atoms with Crippen molar-refractivity contribution in [2.75, 3.05) is 12.3 Å². The van der Waals surface area contributed by atoms with E-state index >= 15 is 0 Å². The van der Waals surface area contributed by atoms with Crippen LogP contribution in [0.3, 0.4) is 0 Å². The molecular weight excluding hydrogens is 308 g/mol. The molecule has 0 aliphatic carbocycles. The normalized spacial score (nSPS) is 11.8. The Morgan fingerprint density at radius 3 is 2.52 bits per heavy atom. The van der Waals surface area contributed by atoms with E-state index in [-0.39, 0.29) is 15.9 Å². The van der Waals surface area contributed by atoms with Crippen LogP contribution in [0.1, 0.15) is 5.56 Å². The topological polar surface area (TPSA) is 73.3 Å². The van der Waals surface area contributed by atoms with E-state index < -0.39 is 10.0 Å². The van der Waals surface area contributed by atoms with Crippen LogP contribution in [0.25, 0.3) is 0 Å². The quantitative estimate of drug-likeness (QED) is 0.603. The van der Waals surface area contributed by atoms with Crippen molar-refractivity contribution >= 4 is 21.8 Å². The summed E-state index contributed by atoms with van der Waals surface area (Å²) in [6.07, 6.45) is 1.65. The molecule has 0 unspecified atom stereocenters. The second kappa shape index (κ2) is 7.04. The van der Waals surface area contributed by atoms with E-state index in [2.05, 4.69) is 4.98 Å². The Kier molecular flexibility index (Phi) is 5.35. The minimum atomic E-state index is -3.97. The maximum absolute atomic E-state index is 12.1. The predicted octanol–water partition coefficient (Wildman–Crippen LogP) is 2.67. The highest BCUT2D eigenvalue weighted by Crippen LogP contribution is 2.18. The second-order valence-corrected chi connectivity index (χ2v) is 7.30. The molecule has 1 aromatic heterocycles. The third-order valence-corrected chi connectivity index (χ3v) is 5.26. The summed E-state index contributed by atoms with van der Waals surface area (Å²) < 4.78 is 24.3. The Balaban J connectivity index is 1.96. The smallest absolute Gasteiger partial charge is 0.231 e. The first-order valence-electron chi connectivity index (χ1n) is 6.30. The molecule has 1 aromatic carbocycles. The Labute approximate surface area is 128 Å². The number of hydrogen-bond acceptors (Lipinski definition) is 5. The number of aryl methyl sites for hydroxylation is 1. The van der Waals surface area contributed by atoms with Crippen LogP contribution in [-0.4, -0.2) is 30.2 Å². The van der Waals surface area contributed by atoms with Crippen LogP contribution in [0.15, 0.2) is 58.6 Å². The van der Waals surface area contributed by atoms with E-state index in [9.17, 15) is 13.6 Å². The molecule has 7 heteroatoms. The maximum Gasteiger partial charge on any atom is 0.231 e. The van der Waals surface area contributed by atoms with E-state index in [4.69, 9.17) is 0 Å². The van der Waals surface area contributed by atoms with Gasteiger partial charge in [-0.3, -0.25) is 4.47 Å². The van der Waals surface area contributed by atoms with Crippen LogP contribution in [0.4, 0.5) is 0 Å². The minimum absolute atomic E-state index is 0.0194. The van der Waals surface area contributed by atoms with Crippen LogP contribution < -0.4 is 0 Å². The molecule has 21 heavy (non-hydrogen) atoms. The van der Waals surface area contributed by atoms with Crippen LogP contribution in [-0.2, 0) is 10.0 Å². The van der Waals surface area contributed by atoms with Gasteiger partial charge in [0.25, 0.3) is 0 Å². The number of sulfonamides is 1. The van der Waals surface area contributed by atoms with Gasteiger partial charge in [0.2, 0.25) is 10.0 Å². The summed E-state index contributed by atoms with van der Waals surface area (Å²) >= 11 is 1.35. The van der Waals surface area contributed by atoms with Crippen molar-refractivity contribution in [3.8, 4) is 0 Å². The number of nitrogens with zero attached hydrogens (tertiary/aromatic N) is 2. The lowest BCUT2D eigenvalue weighted by Gasteiger charge is -2.27. The van der Waals surface area contributed by atoms with E-state index in [1.807, 2.05) is 19.1 Å². The number of aromatic nitrogens is 1. The second-order valence-electron chi connectivity index (χ2n) is 4.36. The fourth-order valence-corrected chi connectivity index (χ4v) is 3.54. The van der Waals surface area contributed by atoms with Gasteiger partial charge >= 0.3 is 0 Å². The first-order chi connectivity index (χ1) is 10.00. The number of hydroxylamine groups is 1. The molecule has 112 valence electrons. The summed E-state index contributed by atoms with van der Waals surface area (Å²) in [5, 5.41) is 12.6. The van der Waals surface area contributed by atoms with Gasteiger partial charge in [-0.1, -0.05) is 23.8 Å². The number of thioether (sulfide) groups is 1. The SMILES string of the molecule is Cc1ccc(S(=O)(=O)N([O-])CCSc2ccccn2)cc1. The van der Waals surface area contributed by atoms with Gasteiger partial charge in [0.1, 0.15) is 0 Å². The van der Waals surface area contributed by atoms with Gasteiger partial charge in [0, 0.05) is 18.5 Å². The lowest BCUT2D eigenvalue weighted by atomic mass is 10.2. The number of rotatable bonds is 6. The van der Waals surface area contributed by atoms with Crippen molar-refractivity contribution in [1.82, 2.24) is 9.45 Å². The molecule has 2 rings (SSSR count). The third-order valence-electron chi connectivity index (χ3n) is 2.75. The zero-order chi connectivity index (χ0) is 15.3. The lowest BCUT2D eigenvalue weighted by Crippen LogP contribution is -2.27. The molecule has 0 amide bonds. The van der Waals surface area contributed by atoms with E-state index in [0.29, 0.717) is 5.75 Å². The number of benzene rings is 1. The summed E-state index contributed by atoms with van der Waals surface area (Å²) in [6, 6.07) is 11.7. The Morgan fingerprint density at radius 1 is 1.19 bits per heavy atom. The van der Waals surface area contributed by atoms with Gasteiger partial charge in [-0.2, -0.15) is 0 Å². The van der Waals surface area contributed by atoms with Crippen molar-refractivity contribution in [1.29, 1.82) is 0 Å². The highest BCUT2D eigenvalue weighted by atomic mass is 32.2. The van der Waals surface area contributed by atoms with Crippen molar-refractivity contribution in [3.05, 3.63) is 59.4 Å². The van der Waals surface area contributed by atoms with Crippen LogP contribution in [0.2, 0.25) is 0 Å². The van der Waals surface area contributed by atoms with Crippen molar-refractivity contribution in [3.63, 3.8) is 0 Å². The van der Waals surface area contributed by atoms with E-state index in [0.717, 1.165) is 10.6 Å². The molecule has 0 atom stereocenters. The molecule has 5 nitrogen and oxygen atoms in total. The molecule has 2 aromatic rings. The van der Waals surface area contributed by atoms with E-state index in [1.165, 1.54) is 23.9 Å². The average Bonchev–Trinajstić information content (AvgIpc) is 2.48. The summed E-state index contributed by atoms with van der Waals surface area (Å²) in [5.41, 5.74) is 0.942. The molecule has 1 heterocycles. The molecule has 0 aliphatic rings. The Hall–Kier alpha value is -1.41. The highest BCUT2D eigenvalue weighted by Gasteiger charge is 2.16. The van der Waals surface area contributed by atoms with Gasteiger partial charge in [0.15, 0.2) is 0 Å². The summed E-state index contributed by atoms with van der Waals surface area (Å²) in [6.45, 7) is 1.74. The molecule has 0 saturated heterocycles. The van der Waals surface area contributed by atoms with Crippen LogP contribution >= 0.6 is 11.8 Å². The molecule has 0 radical (unpaired) electrons. The van der Waals surface area contributed by atoms with Gasteiger partial charge in [-0.25, -0.2) is 13.4 Å². The maximum atomic E-state index is 12.1. The fraction of sp³-hybridized carbons (Fsp3) is 0.214. The first-order valence-corrected chi connectivity index (χ1v) is 8.73. The Bertz CT molecular complexity index is 673. The third kappa shape index (κ3) is 4.28. The molecule has 0 fully saturated rings. The number of hydrogen-bond donors (Lipinski definition) is 0. The molecule has 0 spiro atoms. The monoisotopic (exact) mass is 323 g/mol. The Morgan fingerprint density at radius 2 is 1.90 bits per heavy atom. The largest absolute Gasteiger partial charge is 0.772 e. The predicted molar refractivity (Wildman–Crippen MR) is 83.4 cm³/mol. The summed E-state index contributed by atoms with van der Waals surface area (Å²) in [4.78, 5) is 4.12. The lowest BCUT2D eigenvalue weighted by molar-refractivity contribution is 0.515. The van der Waals surface area contributed by atoms with Gasteiger partial charge in [0.05, 0.1) is 9.92 Å². The minimum Gasteiger partial charge on any atom is -0.772 e. The van der Waals surface area contributed by atoms with Crippen molar-refractivity contribution in [2.24, 2.45) is 0 Å². The van der Waals surface area contributed by atoms with Crippen molar-refractivity contribution < 1.29 is 8.42 Å². The molecule has 0 bridgehead atoms.